The second kappa shape index (κ2) is 7.98. The number of rotatable bonds is 5. The summed E-state index contributed by atoms with van der Waals surface area (Å²) in [5.41, 5.74) is 1.16. The first kappa shape index (κ1) is 13.9. The van der Waals surface area contributed by atoms with Gasteiger partial charge in [0.05, 0.1) is 0 Å². The molecule has 0 N–H and O–H groups in total. The number of thioether (sulfide) groups is 2. The van der Waals surface area contributed by atoms with E-state index in [1.165, 1.54) is 11.5 Å². The van der Waals surface area contributed by atoms with Crippen molar-refractivity contribution >= 4 is 45.7 Å². The molecule has 1 rings (SSSR count). The van der Waals surface area contributed by atoms with Gasteiger partial charge in [-0.2, -0.15) is 11.8 Å². The molecular weight excluding hydrogens is 254 g/mol. The molecule has 1 aromatic carbocycles. The monoisotopic (exact) mass is 271 g/mol. The average Bonchev–Trinajstić information content (AvgIpc) is 2.34. The lowest BCUT2D eigenvalue weighted by Gasteiger charge is -2.19. The van der Waals surface area contributed by atoms with Gasteiger partial charge in [0, 0.05) is 24.2 Å². The summed E-state index contributed by atoms with van der Waals surface area (Å²) in [6.07, 6.45) is 0. The van der Waals surface area contributed by atoms with Gasteiger partial charge in [-0.1, -0.05) is 49.1 Å². The third kappa shape index (κ3) is 4.76. The molecule has 0 bridgehead atoms. The summed E-state index contributed by atoms with van der Waals surface area (Å²) >= 11 is 9.10. The van der Waals surface area contributed by atoms with Gasteiger partial charge in [0.1, 0.15) is 4.32 Å². The molecule has 16 heavy (non-hydrogen) atoms. The molecule has 0 atom stereocenters. The summed E-state index contributed by atoms with van der Waals surface area (Å²) in [6, 6.07) is 10.2. The number of anilines is 1. The minimum Gasteiger partial charge on any atom is -0.330 e. The van der Waals surface area contributed by atoms with Crippen molar-refractivity contribution in [3.05, 3.63) is 30.3 Å². The van der Waals surface area contributed by atoms with E-state index in [0.717, 1.165) is 15.8 Å². The average molecular weight is 271 g/mol. The standard InChI is InChI=1S/C12H17NS3/c1-3-15-9-10-16-12(14)13(2)11-7-5-4-6-8-11/h4-8H,3,9-10H2,1-2H3. The van der Waals surface area contributed by atoms with Gasteiger partial charge in [-0.15, -0.1) is 0 Å². The Bertz CT molecular complexity index is 313. The van der Waals surface area contributed by atoms with Crippen LogP contribution in [0.2, 0.25) is 0 Å². The minimum atomic E-state index is 0.947. The highest BCUT2D eigenvalue weighted by Gasteiger charge is 2.06. The number of benzene rings is 1. The Kier molecular flexibility index (Phi) is 6.92. The van der Waals surface area contributed by atoms with E-state index in [-0.39, 0.29) is 0 Å². The third-order valence-corrected chi connectivity index (χ3v) is 4.79. The van der Waals surface area contributed by atoms with E-state index < -0.39 is 0 Å². The molecule has 0 aliphatic carbocycles. The van der Waals surface area contributed by atoms with Crippen molar-refractivity contribution in [2.24, 2.45) is 0 Å². The highest BCUT2D eigenvalue weighted by Crippen LogP contribution is 2.18. The van der Waals surface area contributed by atoms with Crippen LogP contribution in [0.5, 0.6) is 0 Å². The second-order valence-electron chi connectivity index (χ2n) is 3.21. The third-order valence-electron chi connectivity index (χ3n) is 2.07. The molecule has 0 spiro atoms. The Morgan fingerprint density at radius 1 is 1.25 bits per heavy atom. The molecule has 88 valence electrons. The first-order valence-electron chi connectivity index (χ1n) is 5.29. The van der Waals surface area contributed by atoms with E-state index in [1.807, 2.05) is 37.0 Å². The Hall–Kier alpha value is -0.190. The first-order chi connectivity index (χ1) is 7.75. The Morgan fingerprint density at radius 3 is 2.56 bits per heavy atom. The smallest absolute Gasteiger partial charge is 0.140 e. The lowest BCUT2D eigenvalue weighted by molar-refractivity contribution is 1.31. The quantitative estimate of drug-likeness (QED) is 0.590. The summed E-state index contributed by atoms with van der Waals surface area (Å²) in [4.78, 5) is 2.07. The van der Waals surface area contributed by atoms with E-state index in [1.54, 1.807) is 11.8 Å². The minimum absolute atomic E-state index is 0.947. The lowest BCUT2D eigenvalue weighted by Crippen LogP contribution is -2.21. The molecule has 1 aromatic rings. The Labute approximate surface area is 112 Å². The highest BCUT2D eigenvalue weighted by atomic mass is 32.2. The number of thiocarbonyl (C=S) groups is 1. The Morgan fingerprint density at radius 2 is 1.94 bits per heavy atom. The van der Waals surface area contributed by atoms with Crippen LogP contribution >= 0.6 is 35.7 Å². The van der Waals surface area contributed by atoms with Crippen LogP contribution in [0.4, 0.5) is 5.69 Å². The maximum Gasteiger partial charge on any atom is 0.140 e. The zero-order valence-electron chi connectivity index (χ0n) is 9.68. The van der Waals surface area contributed by atoms with Crippen molar-refractivity contribution in [3.63, 3.8) is 0 Å². The van der Waals surface area contributed by atoms with Crippen molar-refractivity contribution in [3.8, 4) is 0 Å². The molecule has 0 saturated carbocycles. The van der Waals surface area contributed by atoms with Crippen LogP contribution in [0.15, 0.2) is 30.3 Å². The van der Waals surface area contributed by atoms with E-state index in [0.29, 0.717) is 0 Å². The molecule has 0 radical (unpaired) electrons. The van der Waals surface area contributed by atoms with Crippen LogP contribution in [-0.4, -0.2) is 28.6 Å². The van der Waals surface area contributed by atoms with Crippen LogP contribution < -0.4 is 4.90 Å². The fourth-order valence-corrected chi connectivity index (χ4v) is 3.11. The van der Waals surface area contributed by atoms with Gasteiger partial charge >= 0.3 is 0 Å². The van der Waals surface area contributed by atoms with Crippen molar-refractivity contribution in [1.29, 1.82) is 0 Å². The SMILES string of the molecule is CCSCCSC(=S)N(C)c1ccccc1. The van der Waals surface area contributed by atoms with Gasteiger partial charge in [0.2, 0.25) is 0 Å². The molecule has 0 fully saturated rings. The zero-order valence-corrected chi connectivity index (χ0v) is 12.1. The largest absolute Gasteiger partial charge is 0.330 e. The maximum absolute atomic E-state index is 5.39. The van der Waals surface area contributed by atoms with E-state index >= 15 is 0 Å². The van der Waals surface area contributed by atoms with Gasteiger partial charge in [-0.25, -0.2) is 0 Å². The molecular formula is C12H17NS3. The molecule has 0 aromatic heterocycles. The van der Waals surface area contributed by atoms with Gasteiger partial charge in [-0.3, -0.25) is 0 Å². The predicted octanol–water partition coefficient (Wildman–Crippen LogP) is 3.89. The van der Waals surface area contributed by atoms with Crippen molar-refractivity contribution in [2.45, 2.75) is 6.92 Å². The maximum atomic E-state index is 5.39. The van der Waals surface area contributed by atoms with E-state index in [2.05, 4.69) is 24.0 Å². The Balaban J connectivity index is 2.37. The van der Waals surface area contributed by atoms with Crippen molar-refractivity contribution in [2.75, 3.05) is 29.2 Å². The van der Waals surface area contributed by atoms with Crippen LogP contribution in [-0.2, 0) is 0 Å². The summed E-state index contributed by atoms with van der Waals surface area (Å²) < 4.78 is 0.947. The topological polar surface area (TPSA) is 3.24 Å². The zero-order chi connectivity index (χ0) is 11.8. The fourth-order valence-electron chi connectivity index (χ4n) is 1.19. The van der Waals surface area contributed by atoms with Crippen LogP contribution in [0.3, 0.4) is 0 Å². The van der Waals surface area contributed by atoms with Gasteiger partial charge in [0.15, 0.2) is 0 Å². The number of hydrogen-bond acceptors (Lipinski definition) is 3. The second-order valence-corrected chi connectivity index (χ2v) is 6.33. The summed E-state index contributed by atoms with van der Waals surface area (Å²) in [5, 5.41) is 0. The van der Waals surface area contributed by atoms with Crippen molar-refractivity contribution in [1.82, 2.24) is 0 Å². The van der Waals surface area contributed by atoms with E-state index in [9.17, 15) is 0 Å². The predicted molar refractivity (Wildman–Crippen MR) is 82.9 cm³/mol. The van der Waals surface area contributed by atoms with Gasteiger partial charge in [0.25, 0.3) is 0 Å². The molecule has 0 unspecified atom stereocenters. The molecule has 0 aliphatic heterocycles. The first-order valence-corrected chi connectivity index (χ1v) is 7.84. The molecule has 0 saturated heterocycles. The number of nitrogens with zero attached hydrogens (tertiary/aromatic N) is 1. The highest BCUT2D eigenvalue weighted by molar-refractivity contribution is 8.23. The van der Waals surface area contributed by atoms with Crippen LogP contribution in [0, 0.1) is 0 Å². The van der Waals surface area contributed by atoms with E-state index in [4.69, 9.17) is 12.2 Å². The summed E-state index contributed by atoms with van der Waals surface area (Å²) in [5.74, 6) is 3.44. The van der Waals surface area contributed by atoms with Crippen LogP contribution in [0.1, 0.15) is 6.92 Å². The molecule has 0 heterocycles. The van der Waals surface area contributed by atoms with Gasteiger partial charge in [-0.05, 0) is 17.9 Å². The summed E-state index contributed by atoms with van der Waals surface area (Å²) in [7, 11) is 2.03. The molecule has 0 aliphatic rings. The normalized spacial score (nSPS) is 10.1. The number of para-hydroxylation sites is 1. The van der Waals surface area contributed by atoms with Gasteiger partial charge < -0.3 is 4.90 Å². The molecule has 4 heteroatoms. The van der Waals surface area contributed by atoms with Crippen molar-refractivity contribution < 1.29 is 0 Å². The fraction of sp³-hybridized carbons (Fsp3) is 0.417. The van der Waals surface area contributed by atoms with Crippen LogP contribution in [0.25, 0.3) is 0 Å². The number of hydrogen-bond donors (Lipinski definition) is 0. The summed E-state index contributed by atoms with van der Waals surface area (Å²) in [6.45, 7) is 2.18. The molecule has 0 amide bonds. The lowest BCUT2D eigenvalue weighted by atomic mass is 10.3. The molecule has 1 nitrogen and oxygen atoms in total.